The van der Waals surface area contributed by atoms with Gasteiger partial charge in [-0.25, -0.2) is 4.98 Å². The molecule has 1 aromatic rings. The zero-order valence-electron chi connectivity index (χ0n) is 9.86. The molecule has 0 N–H and O–H groups in total. The molecule has 0 saturated heterocycles. The lowest BCUT2D eigenvalue weighted by Crippen LogP contribution is -2.02. The average Bonchev–Trinajstić information content (AvgIpc) is 2.71. The summed E-state index contributed by atoms with van der Waals surface area (Å²) in [6.07, 6.45) is 1.09. The van der Waals surface area contributed by atoms with E-state index in [0.29, 0.717) is 18.1 Å². The van der Waals surface area contributed by atoms with Crippen molar-refractivity contribution in [1.29, 1.82) is 0 Å². The maximum Gasteiger partial charge on any atom is 0.305 e. The first-order chi connectivity index (χ1) is 7.61. The summed E-state index contributed by atoms with van der Waals surface area (Å²) < 4.78 is 4.59. The molecule has 1 rings (SSSR count). The molecular weight excluding hydrogens is 242 g/mol. The van der Waals surface area contributed by atoms with E-state index >= 15 is 0 Å². The lowest BCUT2D eigenvalue weighted by Gasteiger charge is -2.00. The third-order valence-corrected chi connectivity index (χ3v) is 4.14. The Bertz CT molecular complexity index is 336. The van der Waals surface area contributed by atoms with Crippen LogP contribution >= 0.6 is 23.1 Å². The van der Waals surface area contributed by atoms with Crippen molar-refractivity contribution in [3.05, 3.63) is 16.1 Å². The van der Waals surface area contributed by atoms with Crippen molar-refractivity contribution in [2.24, 2.45) is 0 Å². The van der Waals surface area contributed by atoms with Gasteiger partial charge in [-0.15, -0.1) is 11.3 Å². The van der Waals surface area contributed by atoms with Crippen LogP contribution in [-0.2, 0) is 21.7 Å². The summed E-state index contributed by atoms with van der Waals surface area (Å²) in [4.78, 5) is 15.4. The third kappa shape index (κ3) is 4.99. The minimum absolute atomic E-state index is 0.175. The summed E-state index contributed by atoms with van der Waals surface area (Å²) >= 11 is 3.55. The summed E-state index contributed by atoms with van der Waals surface area (Å²) in [6.45, 7) is 4.35. The number of thioether (sulfide) groups is 1. The molecule has 3 nitrogen and oxygen atoms in total. The molecule has 90 valence electrons. The Balaban J connectivity index is 2.36. The highest BCUT2D eigenvalue weighted by molar-refractivity contribution is 7.99. The maximum atomic E-state index is 11.0. The molecule has 0 amide bonds. The van der Waals surface area contributed by atoms with Crippen molar-refractivity contribution in [2.45, 2.75) is 37.7 Å². The lowest BCUT2D eigenvalue weighted by atomic mass is 10.2. The van der Waals surface area contributed by atoms with E-state index in [1.54, 1.807) is 11.3 Å². The number of nitrogens with zero attached hydrogens (tertiary/aromatic N) is 1. The molecule has 0 aliphatic rings. The molecule has 1 heterocycles. The average molecular weight is 259 g/mol. The molecule has 0 radical (unpaired) electrons. The first-order valence-corrected chi connectivity index (χ1v) is 7.16. The van der Waals surface area contributed by atoms with E-state index in [1.165, 1.54) is 7.11 Å². The summed E-state index contributed by atoms with van der Waals surface area (Å²) in [5.41, 5.74) is 0.995. The van der Waals surface area contributed by atoms with E-state index in [4.69, 9.17) is 0 Å². The predicted molar refractivity (Wildman–Crippen MR) is 68.9 cm³/mol. The highest BCUT2D eigenvalue weighted by atomic mass is 32.2. The van der Waals surface area contributed by atoms with Gasteiger partial charge in [0.05, 0.1) is 19.2 Å². The number of ether oxygens (including phenoxy) is 1. The minimum Gasteiger partial charge on any atom is -0.469 e. The SMILES string of the molecule is COC(=O)CCc1csc(CSC(C)C)n1. The van der Waals surface area contributed by atoms with E-state index in [1.807, 2.05) is 17.1 Å². The fourth-order valence-electron chi connectivity index (χ4n) is 1.10. The Labute approximate surface area is 105 Å². The Kier molecular flexibility index (Phi) is 5.84. The second-order valence-corrected chi connectivity index (χ2v) is 6.18. The molecular formula is C11H17NO2S2. The van der Waals surface area contributed by atoms with Crippen molar-refractivity contribution >= 4 is 29.1 Å². The minimum atomic E-state index is -0.175. The van der Waals surface area contributed by atoms with Gasteiger partial charge < -0.3 is 4.74 Å². The molecule has 0 atom stereocenters. The van der Waals surface area contributed by atoms with Crippen LogP contribution in [-0.4, -0.2) is 23.3 Å². The van der Waals surface area contributed by atoms with Crippen LogP contribution in [0.15, 0.2) is 5.38 Å². The Morgan fingerprint density at radius 3 is 3.00 bits per heavy atom. The second-order valence-electron chi connectivity index (χ2n) is 3.67. The monoisotopic (exact) mass is 259 g/mol. The Morgan fingerprint density at radius 1 is 1.62 bits per heavy atom. The fraction of sp³-hybridized carbons (Fsp3) is 0.636. The van der Waals surface area contributed by atoms with E-state index in [9.17, 15) is 4.79 Å². The number of aryl methyl sites for hydroxylation is 1. The van der Waals surface area contributed by atoms with Crippen molar-refractivity contribution in [3.8, 4) is 0 Å². The number of esters is 1. The van der Waals surface area contributed by atoms with Gasteiger partial charge in [0.25, 0.3) is 0 Å². The van der Waals surface area contributed by atoms with Gasteiger partial charge in [-0.3, -0.25) is 4.79 Å². The van der Waals surface area contributed by atoms with Crippen molar-refractivity contribution < 1.29 is 9.53 Å². The first kappa shape index (κ1) is 13.5. The van der Waals surface area contributed by atoms with E-state index in [0.717, 1.165) is 16.5 Å². The molecule has 16 heavy (non-hydrogen) atoms. The number of carbonyl (C=O) groups excluding carboxylic acids is 1. The zero-order chi connectivity index (χ0) is 12.0. The summed E-state index contributed by atoms with van der Waals surface area (Å²) in [7, 11) is 1.41. The van der Waals surface area contributed by atoms with Crippen LogP contribution in [0.25, 0.3) is 0 Å². The maximum absolute atomic E-state index is 11.0. The lowest BCUT2D eigenvalue weighted by molar-refractivity contribution is -0.140. The molecule has 0 aromatic carbocycles. The highest BCUT2D eigenvalue weighted by Crippen LogP contribution is 2.20. The molecule has 0 aliphatic carbocycles. The second kappa shape index (κ2) is 6.91. The van der Waals surface area contributed by atoms with Crippen molar-refractivity contribution in [3.63, 3.8) is 0 Å². The smallest absolute Gasteiger partial charge is 0.305 e. The number of aromatic nitrogens is 1. The van der Waals surface area contributed by atoms with E-state index in [2.05, 4.69) is 23.6 Å². The molecule has 0 saturated carbocycles. The molecule has 0 aliphatic heterocycles. The van der Waals surface area contributed by atoms with Gasteiger partial charge in [-0.1, -0.05) is 13.8 Å². The first-order valence-electron chi connectivity index (χ1n) is 5.23. The Morgan fingerprint density at radius 2 is 2.38 bits per heavy atom. The van der Waals surface area contributed by atoms with Crippen LogP contribution in [0, 0.1) is 0 Å². The molecule has 5 heteroatoms. The Hall–Kier alpha value is -0.550. The number of methoxy groups -OCH3 is 1. The van der Waals surface area contributed by atoms with E-state index in [-0.39, 0.29) is 5.97 Å². The van der Waals surface area contributed by atoms with Crippen LogP contribution < -0.4 is 0 Å². The quantitative estimate of drug-likeness (QED) is 0.736. The zero-order valence-corrected chi connectivity index (χ0v) is 11.5. The molecule has 0 spiro atoms. The number of carbonyl (C=O) groups is 1. The highest BCUT2D eigenvalue weighted by Gasteiger charge is 2.06. The van der Waals surface area contributed by atoms with Gasteiger partial charge >= 0.3 is 5.97 Å². The topological polar surface area (TPSA) is 39.2 Å². The van der Waals surface area contributed by atoms with E-state index < -0.39 is 0 Å². The number of hydrogen-bond acceptors (Lipinski definition) is 5. The van der Waals surface area contributed by atoms with Gasteiger partial charge in [0.1, 0.15) is 5.01 Å². The number of hydrogen-bond donors (Lipinski definition) is 0. The van der Waals surface area contributed by atoms with Gasteiger partial charge in [0.2, 0.25) is 0 Å². The van der Waals surface area contributed by atoms with Crippen molar-refractivity contribution in [2.75, 3.05) is 7.11 Å². The van der Waals surface area contributed by atoms with Crippen LogP contribution in [0.1, 0.15) is 31.0 Å². The van der Waals surface area contributed by atoms with Crippen LogP contribution in [0.4, 0.5) is 0 Å². The summed E-state index contributed by atoms with van der Waals surface area (Å²) in [5.74, 6) is 0.784. The van der Waals surface area contributed by atoms with Crippen LogP contribution in [0.5, 0.6) is 0 Å². The fourth-order valence-corrected chi connectivity index (χ4v) is 2.73. The van der Waals surface area contributed by atoms with Gasteiger partial charge in [-0.05, 0) is 5.25 Å². The molecule has 0 unspecified atom stereocenters. The standard InChI is InChI=1S/C11H17NO2S2/c1-8(2)15-7-10-12-9(6-16-10)4-5-11(13)14-3/h6,8H,4-5,7H2,1-3H3. The van der Waals surface area contributed by atoms with Crippen molar-refractivity contribution in [1.82, 2.24) is 4.98 Å². The molecule has 1 aromatic heterocycles. The molecule has 0 fully saturated rings. The van der Waals surface area contributed by atoms with Gasteiger partial charge in [0.15, 0.2) is 0 Å². The number of thiazole rings is 1. The summed E-state index contributed by atoms with van der Waals surface area (Å²) in [5, 5.41) is 3.79. The van der Waals surface area contributed by atoms with Crippen LogP contribution in [0.3, 0.4) is 0 Å². The summed E-state index contributed by atoms with van der Waals surface area (Å²) in [6, 6.07) is 0. The molecule has 0 bridgehead atoms. The largest absolute Gasteiger partial charge is 0.469 e. The van der Waals surface area contributed by atoms with Gasteiger partial charge in [0, 0.05) is 17.6 Å². The van der Waals surface area contributed by atoms with Crippen LogP contribution in [0.2, 0.25) is 0 Å². The third-order valence-electron chi connectivity index (χ3n) is 1.95. The van der Waals surface area contributed by atoms with Gasteiger partial charge in [-0.2, -0.15) is 11.8 Å². The predicted octanol–water partition coefficient (Wildman–Crippen LogP) is 2.89. The number of rotatable bonds is 6. The normalized spacial score (nSPS) is 10.8.